The van der Waals surface area contributed by atoms with Gasteiger partial charge in [-0.15, -0.1) is 0 Å². The van der Waals surface area contributed by atoms with Crippen LogP contribution in [-0.2, 0) is 10.0 Å². The van der Waals surface area contributed by atoms with Crippen LogP contribution in [-0.4, -0.2) is 34.1 Å². The number of nitrogens with one attached hydrogen (secondary N) is 3. The minimum Gasteiger partial charge on any atom is -0.384 e. The van der Waals surface area contributed by atoms with Crippen molar-refractivity contribution in [1.82, 2.24) is 10.0 Å². The van der Waals surface area contributed by atoms with Crippen molar-refractivity contribution in [3.63, 3.8) is 0 Å². The normalized spacial score (nSPS) is 12.4. The van der Waals surface area contributed by atoms with Crippen molar-refractivity contribution in [2.45, 2.75) is 31.2 Å². The van der Waals surface area contributed by atoms with Gasteiger partial charge in [-0.25, -0.2) is 13.1 Å². The van der Waals surface area contributed by atoms with Crippen LogP contribution < -0.4 is 15.4 Å². The third kappa shape index (κ3) is 5.59. The molecule has 5 nitrogen and oxygen atoms in total. The molecule has 0 aliphatic heterocycles. The van der Waals surface area contributed by atoms with Crippen molar-refractivity contribution in [3.05, 3.63) is 24.3 Å². The van der Waals surface area contributed by atoms with Crippen LogP contribution in [0.5, 0.6) is 0 Å². The van der Waals surface area contributed by atoms with Crippen LogP contribution in [0.3, 0.4) is 0 Å². The van der Waals surface area contributed by atoms with Crippen molar-refractivity contribution in [3.8, 4) is 0 Å². The van der Waals surface area contributed by atoms with Crippen molar-refractivity contribution >= 4 is 15.7 Å². The van der Waals surface area contributed by atoms with Gasteiger partial charge in [-0.05, 0) is 52.1 Å². The molecule has 0 saturated heterocycles. The lowest BCUT2D eigenvalue weighted by Gasteiger charge is -2.20. The standard InChI is InChI=1S/C13H23N3O2S/c1-13(2,3)16-10-9-15-11-5-7-12(8-6-11)19(17,18)14-4/h5-8,14-16H,9-10H2,1-4H3. The van der Waals surface area contributed by atoms with Crippen LogP contribution in [0.2, 0.25) is 0 Å². The van der Waals surface area contributed by atoms with E-state index >= 15 is 0 Å². The third-order valence-electron chi connectivity index (χ3n) is 2.54. The molecule has 0 amide bonds. The summed E-state index contributed by atoms with van der Waals surface area (Å²) >= 11 is 0. The molecule has 1 aromatic carbocycles. The second-order valence-corrected chi connectivity index (χ2v) is 7.22. The van der Waals surface area contributed by atoms with Crippen molar-refractivity contribution in [2.75, 3.05) is 25.5 Å². The quantitative estimate of drug-likeness (QED) is 0.691. The summed E-state index contributed by atoms with van der Waals surface area (Å²) in [6.07, 6.45) is 0. The van der Waals surface area contributed by atoms with Crippen molar-refractivity contribution in [2.24, 2.45) is 0 Å². The zero-order chi connectivity index (χ0) is 14.5. The first-order valence-electron chi connectivity index (χ1n) is 6.27. The van der Waals surface area contributed by atoms with E-state index in [0.717, 1.165) is 18.8 Å². The topological polar surface area (TPSA) is 70.2 Å². The van der Waals surface area contributed by atoms with E-state index in [-0.39, 0.29) is 10.4 Å². The number of hydrogen-bond acceptors (Lipinski definition) is 4. The summed E-state index contributed by atoms with van der Waals surface area (Å²) in [6.45, 7) is 7.98. The highest BCUT2D eigenvalue weighted by Crippen LogP contribution is 2.13. The molecule has 0 aromatic heterocycles. The number of anilines is 1. The molecule has 0 unspecified atom stereocenters. The van der Waals surface area contributed by atoms with Crippen LogP contribution in [0.4, 0.5) is 5.69 Å². The van der Waals surface area contributed by atoms with E-state index in [1.54, 1.807) is 24.3 Å². The van der Waals surface area contributed by atoms with Crippen molar-refractivity contribution < 1.29 is 8.42 Å². The molecule has 0 fully saturated rings. The van der Waals surface area contributed by atoms with E-state index in [2.05, 4.69) is 36.1 Å². The van der Waals surface area contributed by atoms with E-state index in [9.17, 15) is 8.42 Å². The Bertz CT molecular complexity index is 490. The lowest BCUT2D eigenvalue weighted by atomic mass is 10.1. The van der Waals surface area contributed by atoms with E-state index in [1.807, 2.05) is 0 Å². The number of sulfonamides is 1. The van der Waals surface area contributed by atoms with Gasteiger partial charge in [0.15, 0.2) is 0 Å². The minimum atomic E-state index is -3.35. The Morgan fingerprint density at radius 1 is 1.05 bits per heavy atom. The first kappa shape index (κ1) is 15.9. The van der Waals surface area contributed by atoms with Gasteiger partial charge in [0.1, 0.15) is 0 Å². The summed E-state index contributed by atoms with van der Waals surface area (Å²) in [5.41, 5.74) is 1.01. The van der Waals surface area contributed by atoms with Crippen LogP contribution >= 0.6 is 0 Å². The average molecular weight is 285 g/mol. The van der Waals surface area contributed by atoms with Gasteiger partial charge in [0.25, 0.3) is 0 Å². The minimum absolute atomic E-state index is 0.104. The molecule has 1 aromatic rings. The molecule has 0 atom stereocenters. The summed E-state index contributed by atoms with van der Waals surface area (Å²) in [4.78, 5) is 0.272. The number of rotatable bonds is 6. The van der Waals surface area contributed by atoms with Gasteiger partial charge in [-0.3, -0.25) is 0 Å². The summed E-state index contributed by atoms with van der Waals surface area (Å²) in [5, 5.41) is 6.60. The average Bonchev–Trinajstić information content (AvgIpc) is 2.34. The summed E-state index contributed by atoms with van der Waals surface area (Å²) in [7, 11) is -1.95. The smallest absolute Gasteiger partial charge is 0.240 e. The highest BCUT2D eigenvalue weighted by molar-refractivity contribution is 7.89. The predicted octanol–water partition coefficient (Wildman–Crippen LogP) is 1.39. The van der Waals surface area contributed by atoms with E-state index in [4.69, 9.17) is 0 Å². The summed E-state index contributed by atoms with van der Waals surface area (Å²) in [6, 6.07) is 6.71. The van der Waals surface area contributed by atoms with E-state index in [1.165, 1.54) is 7.05 Å². The van der Waals surface area contributed by atoms with Gasteiger partial charge in [0, 0.05) is 24.3 Å². The van der Waals surface area contributed by atoms with Crippen LogP contribution in [0.15, 0.2) is 29.2 Å². The van der Waals surface area contributed by atoms with Gasteiger partial charge < -0.3 is 10.6 Å². The summed E-state index contributed by atoms with van der Waals surface area (Å²) < 4.78 is 25.4. The Kier molecular flexibility index (Phi) is 5.34. The van der Waals surface area contributed by atoms with Gasteiger partial charge in [-0.2, -0.15) is 0 Å². The molecular weight excluding hydrogens is 262 g/mol. The largest absolute Gasteiger partial charge is 0.384 e. The number of hydrogen-bond donors (Lipinski definition) is 3. The van der Waals surface area contributed by atoms with E-state index in [0.29, 0.717) is 0 Å². The van der Waals surface area contributed by atoms with Crippen molar-refractivity contribution in [1.29, 1.82) is 0 Å². The first-order valence-corrected chi connectivity index (χ1v) is 7.75. The molecule has 0 aliphatic rings. The molecule has 3 N–H and O–H groups in total. The SMILES string of the molecule is CNS(=O)(=O)c1ccc(NCCNC(C)(C)C)cc1. The van der Waals surface area contributed by atoms with Crippen LogP contribution in [0, 0.1) is 0 Å². The Morgan fingerprint density at radius 2 is 1.63 bits per heavy atom. The molecule has 0 bridgehead atoms. The lowest BCUT2D eigenvalue weighted by Crippen LogP contribution is -2.38. The molecule has 0 heterocycles. The Labute approximate surface area is 115 Å². The maximum atomic E-state index is 11.5. The molecular formula is C13H23N3O2S. The highest BCUT2D eigenvalue weighted by atomic mass is 32.2. The Morgan fingerprint density at radius 3 is 2.11 bits per heavy atom. The fourth-order valence-electron chi connectivity index (χ4n) is 1.51. The molecule has 0 saturated carbocycles. The molecule has 6 heteroatoms. The highest BCUT2D eigenvalue weighted by Gasteiger charge is 2.10. The molecule has 19 heavy (non-hydrogen) atoms. The van der Waals surface area contributed by atoms with Gasteiger partial charge >= 0.3 is 0 Å². The van der Waals surface area contributed by atoms with Gasteiger partial charge in [-0.1, -0.05) is 0 Å². The maximum Gasteiger partial charge on any atom is 0.240 e. The molecule has 0 aliphatic carbocycles. The predicted molar refractivity (Wildman–Crippen MR) is 78.9 cm³/mol. The Balaban J connectivity index is 2.50. The van der Waals surface area contributed by atoms with Crippen LogP contribution in [0.25, 0.3) is 0 Å². The fraction of sp³-hybridized carbons (Fsp3) is 0.538. The van der Waals surface area contributed by atoms with Gasteiger partial charge in [0.05, 0.1) is 4.90 Å². The second-order valence-electron chi connectivity index (χ2n) is 5.34. The lowest BCUT2D eigenvalue weighted by molar-refractivity contribution is 0.435. The molecule has 0 radical (unpaired) electrons. The second kappa shape index (κ2) is 6.36. The summed E-state index contributed by atoms with van der Waals surface area (Å²) in [5.74, 6) is 0. The Hall–Kier alpha value is -1.11. The molecule has 1 rings (SSSR count). The molecule has 108 valence electrons. The van der Waals surface area contributed by atoms with Gasteiger partial charge in [0.2, 0.25) is 10.0 Å². The van der Waals surface area contributed by atoms with E-state index < -0.39 is 10.0 Å². The fourth-order valence-corrected chi connectivity index (χ4v) is 2.24. The monoisotopic (exact) mass is 285 g/mol. The molecule has 0 spiro atoms. The maximum absolute atomic E-state index is 11.5. The number of benzene rings is 1. The van der Waals surface area contributed by atoms with Crippen LogP contribution in [0.1, 0.15) is 20.8 Å². The first-order chi connectivity index (χ1) is 8.74. The zero-order valence-corrected chi connectivity index (χ0v) is 12.8. The third-order valence-corrected chi connectivity index (χ3v) is 3.97. The zero-order valence-electron chi connectivity index (χ0n) is 11.9.